The number of para-hydroxylation sites is 1. The van der Waals surface area contributed by atoms with Crippen molar-refractivity contribution in [1.82, 2.24) is 9.78 Å². The van der Waals surface area contributed by atoms with Crippen molar-refractivity contribution in [3.63, 3.8) is 0 Å². The van der Waals surface area contributed by atoms with E-state index in [1.807, 2.05) is 0 Å². The van der Waals surface area contributed by atoms with E-state index in [1.165, 1.54) is 6.20 Å². The van der Waals surface area contributed by atoms with Gasteiger partial charge in [-0.25, -0.2) is 0 Å². The Kier molecular flexibility index (Phi) is 3.48. The van der Waals surface area contributed by atoms with E-state index in [9.17, 15) is 18.3 Å². The molecular formula is C12H12F3N3O. The van der Waals surface area contributed by atoms with Crippen molar-refractivity contribution in [1.29, 1.82) is 0 Å². The second-order valence-electron chi connectivity index (χ2n) is 4.07. The highest BCUT2D eigenvalue weighted by Gasteiger charge is 2.33. The van der Waals surface area contributed by atoms with Gasteiger partial charge in [-0.15, -0.1) is 0 Å². The Bertz CT molecular complexity index is 565. The van der Waals surface area contributed by atoms with Gasteiger partial charge < -0.3 is 10.8 Å². The van der Waals surface area contributed by atoms with E-state index in [0.717, 1.165) is 10.7 Å². The van der Waals surface area contributed by atoms with Crippen molar-refractivity contribution in [3.05, 3.63) is 47.8 Å². The molecule has 4 nitrogen and oxygen atoms in total. The summed E-state index contributed by atoms with van der Waals surface area (Å²) in [7, 11) is 0. The lowest BCUT2D eigenvalue weighted by Gasteiger charge is -2.13. The van der Waals surface area contributed by atoms with Crippen LogP contribution in [0.2, 0.25) is 0 Å². The Labute approximate surface area is 107 Å². The summed E-state index contributed by atoms with van der Waals surface area (Å²) in [6, 6.07) is 7.50. The van der Waals surface area contributed by atoms with E-state index >= 15 is 0 Å². The van der Waals surface area contributed by atoms with Crippen molar-refractivity contribution in [2.45, 2.75) is 18.8 Å². The minimum atomic E-state index is -4.48. The van der Waals surface area contributed by atoms with Gasteiger partial charge in [-0.05, 0) is 12.1 Å². The number of nitrogens with two attached hydrogens (primary N) is 1. The molecule has 2 aromatic rings. The van der Waals surface area contributed by atoms with Gasteiger partial charge >= 0.3 is 6.18 Å². The van der Waals surface area contributed by atoms with Crippen LogP contribution in [0.25, 0.3) is 0 Å². The second-order valence-corrected chi connectivity index (χ2v) is 4.07. The minimum absolute atomic E-state index is 0.0930. The molecule has 0 saturated carbocycles. The number of hydrogen-bond acceptors (Lipinski definition) is 3. The van der Waals surface area contributed by atoms with Gasteiger partial charge in [-0.3, -0.25) is 4.68 Å². The zero-order valence-electron chi connectivity index (χ0n) is 9.80. The maximum atomic E-state index is 12.4. The first-order chi connectivity index (χ1) is 8.88. The molecule has 1 unspecified atom stereocenters. The molecule has 19 heavy (non-hydrogen) atoms. The van der Waals surface area contributed by atoms with Crippen molar-refractivity contribution in [2.24, 2.45) is 0 Å². The Morgan fingerprint density at radius 1 is 1.26 bits per heavy atom. The van der Waals surface area contributed by atoms with E-state index in [4.69, 9.17) is 5.73 Å². The highest BCUT2D eigenvalue weighted by Crippen LogP contribution is 2.28. The first-order valence-electron chi connectivity index (χ1n) is 5.51. The van der Waals surface area contributed by atoms with Crippen LogP contribution in [0.3, 0.4) is 0 Å². The second kappa shape index (κ2) is 4.93. The largest absolute Gasteiger partial charge is 0.435 e. The number of aliphatic hydroxyl groups is 1. The number of aliphatic hydroxyl groups excluding tert-OH is 1. The zero-order valence-corrected chi connectivity index (χ0v) is 9.80. The number of anilines is 1. The summed E-state index contributed by atoms with van der Waals surface area (Å²) < 4.78 is 38.1. The Hall–Kier alpha value is -2.02. The molecule has 0 aliphatic rings. The lowest BCUT2D eigenvalue weighted by molar-refractivity contribution is -0.141. The van der Waals surface area contributed by atoms with Gasteiger partial charge in [0.2, 0.25) is 0 Å². The van der Waals surface area contributed by atoms with Crippen LogP contribution in [0, 0.1) is 0 Å². The highest BCUT2D eigenvalue weighted by atomic mass is 19.4. The highest BCUT2D eigenvalue weighted by molar-refractivity contribution is 5.47. The molecule has 1 atom stereocenters. The van der Waals surface area contributed by atoms with Gasteiger partial charge in [-0.2, -0.15) is 18.3 Å². The first-order valence-corrected chi connectivity index (χ1v) is 5.51. The number of nitrogen functional groups attached to an aromatic ring is 1. The molecule has 1 aromatic heterocycles. The SMILES string of the molecule is Nc1ccccc1C(O)Cn1ccc(C(F)(F)F)n1. The minimum Gasteiger partial charge on any atom is -0.398 e. The van der Waals surface area contributed by atoms with Crippen LogP contribution in [-0.2, 0) is 12.7 Å². The lowest BCUT2D eigenvalue weighted by Crippen LogP contribution is -2.13. The number of nitrogens with zero attached hydrogens (tertiary/aromatic N) is 2. The van der Waals surface area contributed by atoms with Gasteiger partial charge in [0.05, 0.1) is 6.54 Å². The van der Waals surface area contributed by atoms with E-state index in [-0.39, 0.29) is 6.54 Å². The Morgan fingerprint density at radius 3 is 2.53 bits per heavy atom. The molecule has 1 heterocycles. The average Bonchev–Trinajstić information content (AvgIpc) is 2.77. The molecule has 0 bridgehead atoms. The predicted molar refractivity (Wildman–Crippen MR) is 63.0 cm³/mol. The van der Waals surface area contributed by atoms with Crippen molar-refractivity contribution in [2.75, 3.05) is 5.73 Å². The van der Waals surface area contributed by atoms with Crippen LogP contribution >= 0.6 is 0 Å². The van der Waals surface area contributed by atoms with Crippen LogP contribution in [0.4, 0.5) is 18.9 Å². The summed E-state index contributed by atoms with van der Waals surface area (Å²) in [6.07, 6.45) is -4.32. The third kappa shape index (κ3) is 3.05. The van der Waals surface area contributed by atoms with Crippen LogP contribution in [0.1, 0.15) is 17.4 Å². The number of rotatable bonds is 3. The number of aromatic nitrogens is 2. The van der Waals surface area contributed by atoms with Crippen LogP contribution in [-0.4, -0.2) is 14.9 Å². The summed E-state index contributed by atoms with van der Waals surface area (Å²) >= 11 is 0. The average molecular weight is 271 g/mol. The number of hydrogen-bond donors (Lipinski definition) is 2. The van der Waals surface area contributed by atoms with E-state index in [2.05, 4.69) is 5.10 Å². The van der Waals surface area contributed by atoms with Crippen LogP contribution < -0.4 is 5.73 Å². The normalized spacial score (nSPS) is 13.5. The fourth-order valence-electron chi connectivity index (χ4n) is 1.70. The lowest BCUT2D eigenvalue weighted by atomic mass is 10.1. The molecule has 0 saturated heterocycles. The molecule has 0 fully saturated rings. The molecule has 0 aliphatic heterocycles. The van der Waals surface area contributed by atoms with Gasteiger partial charge in [0.25, 0.3) is 0 Å². The standard InChI is InChI=1S/C12H12F3N3O/c13-12(14,15)11-5-6-18(17-11)7-10(19)8-3-1-2-4-9(8)16/h1-6,10,19H,7,16H2. The van der Waals surface area contributed by atoms with Crippen molar-refractivity contribution >= 4 is 5.69 Å². The molecule has 0 spiro atoms. The van der Waals surface area contributed by atoms with Gasteiger partial charge in [0.1, 0.15) is 6.10 Å². The summed E-state index contributed by atoms with van der Waals surface area (Å²) in [5.41, 5.74) is 5.55. The molecule has 7 heteroatoms. The zero-order chi connectivity index (χ0) is 14.0. The van der Waals surface area contributed by atoms with Crippen molar-refractivity contribution in [3.8, 4) is 0 Å². The number of halogens is 3. The van der Waals surface area contributed by atoms with E-state index in [0.29, 0.717) is 11.3 Å². The van der Waals surface area contributed by atoms with Crippen molar-refractivity contribution < 1.29 is 18.3 Å². The van der Waals surface area contributed by atoms with Gasteiger partial charge in [0, 0.05) is 17.4 Å². The fraction of sp³-hybridized carbons (Fsp3) is 0.250. The predicted octanol–water partition coefficient (Wildman–Crippen LogP) is 2.22. The third-order valence-electron chi connectivity index (χ3n) is 2.65. The van der Waals surface area contributed by atoms with Gasteiger partial charge in [-0.1, -0.05) is 18.2 Å². The van der Waals surface area contributed by atoms with Crippen LogP contribution in [0.15, 0.2) is 36.5 Å². The molecule has 102 valence electrons. The van der Waals surface area contributed by atoms with Gasteiger partial charge in [0.15, 0.2) is 5.69 Å². The molecule has 0 amide bonds. The molecule has 3 N–H and O–H groups in total. The Balaban J connectivity index is 2.14. The van der Waals surface area contributed by atoms with Crippen LogP contribution in [0.5, 0.6) is 0 Å². The molecule has 2 rings (SSSR count). The number of benzene rings is 1. The Morgan fingerprint density at radius 2 is 1.95 bits per heavy atom. The topological polar surface area (TPSA) is 64.1 Å². The molecule has 1 aromatic carbocycles. The molecule has 0 radical (unpaired) electrons. The maximum absolute atomic E-state index is 12.4. The smallest absolute Gasteiger partial charge is 0.398 e. The van der Waals surface area contributed by atoms with E-state index < -0.39 is 18.0 Å². The molecular weight excluding hydrogens is 259 g/mol. The fourth-order valence-corrected chi connectivity index (χ4v) is 1.70. The summed E-state index contributed by atoms with van der Waals surface area (Å²) in [5.74, 6) is 0. The molecule has 0 aliphatic carbocycles. The maximum Gasteiger partial charge on any atom is 0.435 e. The first kappa shape index (κ1) is 13.4. The summed E-state index contributed by atoms with van der Waals surface area (Å²) in [4.78, 5) is 0. The quantitative estimate of drug-likeness (QED) is 0.841. The third-order valence-corrected chi connectivity index (χ3v) is 2.65. The summed E-state index contributed by atoms with van der Waals surface area (Å²) in [5, 5.41) is 13.3. The summed E-state index contributed by atoms with van der Waals surface area (Å²) in [6.45, 7) is -0.0930. The monoisotopic (exact) mass is 271 g/mol. The van der Waals surface area contributed by atoms with E-state index in [1.54, 1.807) is 24.3 Å². The number of alkyl halides is 3.